The smallest absolute Gasteiger partial charge is 0.308 e. The van der Waals surface area contributed by atoms with Gasteiger partial charge in [-0.2, -0.15) is 0 Å². The molecule has 1 fully saturated rings. The van der Waals surface area contributed by atoms with E-state index < -0.39 is 12.1 Å². The van der Waals surface area contributed by atoms with Crippen LogP contribution in [0.4, 0.5) is 0 Å². The van der Waals surface area contributed by atoms with Gasteiger partial charge in [-0.3, -0.25) is 9.59 Å². The summed E-state index contributed by atoms with van der Waals surface area (Å²) in [5.74, 6) is 0.387. The average Bonchev–Trinajstić information content (AvgIpc) is 2.64. The van der Waals surface area contributed by atoms with Crippen LogP contribution in [0.2, 0.25) is 0 Å². The van der Waals surface area contributed by atoms with Crippen LogP contribution in [0.5, 0.6) is 0 Å². The lowest BCUT2D eigenvalue weighted by molar-refractivity contribution is -0.160. The highest BCUT2D eigenvalue weighted by Crippen LogP contribution is 2.48. The van der Waals surface area contributed by atoms with Crippen molar-refractivity contribution in [1.82, 2.24) is 0 Å². The monoisotopic (exact) mass is 404 g/mol. The first-order valence-corrected chi connectivity index (χ1v) is 11.2. The number of hydrogen-bond donors (Lipinski definition) is 2. The highest BCUT2D eigenvalue weighted by molar-refractivity contribution is 5.71. The summed E-state index contributed by atoms with van der Waals surface area (Å²) in [6.07, 6.45) is 11.1. The van der Waals surface area contributed by atoms with Crippen LogP contribution in [0.3, 0.4) is 0 Å². The highest BCUT2D eigenvalue weighted by Gasteiger charge is 2.40. The molecule has 29 heavy (non-hydrogen) atoms. The van der Waals surface area contributed by atoms with Gasteiger partial charge in [0.2, 0.25) is 0 Å². The van der Waals surface area contributed by atoms with Crippen LogP contribution in [-0.4, -0.2) is 34.4 Å². The van der Waals surface area contributed by atoms with Gasteiger partial charge in [-0.15, -0.1) is 0 Å². The van der Waals surface area contributed by atoms with E-state index in [9.17, 15) is 19.8 Å². The lowest BCUT2D eigenvalue weighted by Crippen LogP contribution is -2.37. The fourth-order valence-corrected chi connectivity index (χ4v) is 5.67. The number of aliphatic carboxylic acids is 1. The zero-order valence-electron chi connectivity index (χ0n) is 17.9. The van der Waals surface area contributed by atoms with Crippen molar-refractivity contribution in [2.45, 2.75) is 77.9 Å². The third-order valence-electron chi connectivity index (χ3n) is 7.28. The number of carboxylic acid groups (broad SMARTS) is 1. The lowest BCUT2D eigenvalue weighted by atomic mass is 9.61. The Kier molecular flexibility index (Phi) is 7.20. The van der Waals surface area contributed by atoms with Gasteiger partial charge in [0.1, 0.15) is 6.10 Å². The minimum atomic E-state index is -0.685. The van der Waals surface area contributed by atoms with Gasteiger partial charge in [0.15, 0.2) is 0 Å². The Balaban J connectivity index is 1.73. The van der Waals surface area contributed by atoms with E-state index in [1.165, 1.54) is 5.57 Å². The van der Waals surface area contributed by atoms with Gasteiger partial charge in [-0.25, -0.2) is 0 Å². The number of allylic oxidation sites excluding steroid dienone is 4. The average molecular weight is 405 g/mol. The molecule has 0 saturated carbocycles. The number of aliphatic hydroxyl groups excluding tert-OH is 1. The van der Waals surface area contributed by atoms with Crippen LogP contribution in [0.1, 0.15) is 65.7 Å². The molecule has 0 radical (unpaired) electrons. The number of rotatable bonds is 7. The molecule has 0 aromatic heterocycles. The molecule has 0 aromatic carbocycles. The Hall–Kier alpha value is -1.62. The minimum Gasteiger partial charge on any atom is -0.481 e. The summed E-state index contributed by atoms with van der Waals surface area (Å²) < 4.78 is 5.46. The number of carbonyl (C=O) groups is 2. The third-order valence-corrected chi connectivity index (χ3v) is 7.28. The van der Waals surface area contributed by atoms with Crippen LogP contribution in [0.25, 0.3) is 0 Å². The summed E-state index contributed by atoms with van der Waals surface area (Å²) in [6.45, 7) is 6.24. The number of aliphatic hydroxyl groups is 1. The number of esters is 1. The second-order valence-corrected chi connectivity index (χ2v) is 9.66. The molecule has 7 atom stereocenters. The molecule has 1 saturated heterocycles. The molecular weight excluding hydrogens is 368 g/mol. The molecule has 3 aliphatic rings. The Labute approximate surface area is 174 Å². The van der Waals surface area contributed by atoms with Crippen molar-refractivity contribution in [3.05, 3.63) is 23.8 Å². The summed E-state index contributed by atoms with van der Waals surface area (Å²) in [5, 5.41) is 19.6. The highest BCUT2D eigenvalue weighted by atomic mass is 16.5. The van der Waals surface area contributed by atoms with Crippen LogP contribution in [-0.2, 0) is 14.3 Å². The maximum Gasteiger partial charge on any atom is 0.308 e. The lowest BCUT2D eigenvalue weighted by Gasteiger charge is -2.44. The van der Waals surface area contributed by atoms with Gasteiger partial charge in [-0.1, -0.05) is 39.0 Å². The van der Waals surface area contributed by atoms with Gasteiger partial charge in [0.05, 0.1) is 18.4 Å². The number of hydrogen-bond acceptors (Lipinski definition) is 4. The third kappa shape index (κ3) is 5.30. The van der Waals surface area contributed by atoms with E-state index in [1.54, 1.807) is 0 Å². The molecule has 162 valence electrons. The van der Waals surface area contributed by atoms with E-state index in [2.05, 4.69) is 25.2 Å². The Morgan fingerprint density at radius 3 is 2.72 bits per heavy atom. The first kappa shape index (κ1) is 22.1. The number of ether oxygens (including phenoxy) is 1. The second-order valence-electron chi connectivity index (χ2n) is 9.66. The summed E-state index contributed by atoms with van der Waals surface area (Å²) in [7, 11) is 0. The predicted molar refractivity (Wildman–Crippen MR) is 111 cm³/mol. The molecule has 1 heterocycles. The van der Waals surface area contributed by atoms with E-state index in [1.807, 2.05) is 13.8 Å². The number of fused-ring (bicyclic) bond motifs is 1. The van der Waals surface area contributed by atoms with Crippen molar-refractivity contribution in [3.8, 4) is 0 Å². The summed E-state index contributed by atoms with van der Waals surface area (Å²) >= 11 is 0. The number of carboxylic acids is 1. The van der Waals surface area contributed by atoms with Crippen molar-refractivity contribution in [2.24, 2.45) is 35.5 Å². The molecule has 1 unspecified atom stereocenters. The molecule has 3 rings (SSSR count). The van der Waals surface area contributed by atoms with Gasteiger partial charge < -0.3 is 14.9 Å². The standard InChI is InChI=1S/C24H36O5/c1-14(2)21(24(27)28)11-17-6-4-5-16-8-7-15(3)20(23(16)17)10-9-19-12-18(25)13-22(26)29-19/h5,7-8,14-15,17-21,23,25H,4,6,9-13H2,1-3H3,(H,27,28)/t15-,17?,18+,19+,20-,21-,23+/m0/s1. The van der Waals surface area contributed by atoms with E-state index in [0.717, 1.165) is 32.1 Å². The zero-order valence-corrected chi connectivity index (χ0v) is 17.9. The summed E-state index contributed by atoms with van der Waals surface area (Å²) in [4.78, 5) is 23.5. The molecule has 5 heteroatoms. The number of cyclic esters (lactones) is 1. The number of carbonyl (C=O) groups excluding carboxylic acids is 1. The normalized spacial score (nSPS) is 35.6. The summed E-state index contributed by atoms with van der Waals surface area (Å²) in [6, 6.07) is 0. The second kappa shape index (κ2) is 9.46. The molecule has 1 aliphatic heterocycles. The van der Waals surface area contributed by atoms with Gasteiger partial charge in [-0.05, 0) is 67.3 Å². The fraction of sp³-hybridized carbons (Fsp3) is 0.750. The molecule has 0 amide bonds. The summed E-state index contributed by atoms with van der Waals surface area (Å²) in [5.41, 5.74) is 1.36. The Bertz CT molecular complexity index is 664. The minimum absolute atomic E-state index is 0.0996. The van der Waals surface area contributed by atoms with E-state index in [-0.39, 0.29) is 30.3 Å². The van der Waals surface area contributed by atoms with E-state index in [0.29, 0.717) is 30.1 Å². The molecule has 0 spiro atoms. The Morgan fingerprint density at radius 1 is 1.31 bits per heavy atom. The SMILES string of the molecule is CC(C)[C@H](CC1CCC=C2C=C[C@H](C)[C@H](CC[C@@H]3C[C@@H](O)CC(=O)O3)[C@H]21)C(=O)O. The maximum absolute atomic E-state index is 11.8. The van der Waals surface area contributed by atoms with Gasteiger partial charge in [0, 0.05) is 6.42 Å². The van der Waals surface area contributed by atoms with Crippen molar-refractivity contribution in [1.29, 1.82) is 0 Å². The molecule has 0 bridgehead atoms. The molecule has 5 nitrogen and oxygen atoms in total. The van der Waals surface area contributed by atoms with Gasteiger partial charge >= 0.3 is 11.9 Å². The predicted octanol–water partition coefficient (Wildman–Crippen LogP) is 4.35. The topological polar surface area (TPSA) is 83.8 Å². The maximum atomic E-state index is 11.8. The molecule has 0 aromatic rings. The zero-order chi connectivity index (χ0) is 21.1. The van der Waals surface area contributed by atoms with E-state index in [4.69, 9.17) is 4.74 Å². The van der Waals surface area contributed by atoms with Crippen molar-refractivity contribution >= 4 is 11.9 Å². The van der Waals surface area contributed by atoms with Gasteiger partial charge in [0.25, 0.3) is 0 Å². The Morgan fingerprint density at radius 2 is 2.07 bits per heavy atom. The molecule has 2 N–H and O–H groups in total. The molecule has 2 aliphatic carbocycles. The van der Waals surface area contributed by atoms with Crippen LogP contribution < -0.4 is 0 Å². The largest absolute Gasteiger partial charge is 0.481 e. The quantitative estimate of drug-likeness (QED) is 0.616. The van der Waals surface area contributed by atoms with Crippen molar-refractivity contribution in [2.75, 3.05) is 0 Å². The first-order valence-electron chi connectivity index (χ1n) is 11.2. The van der Waals surface area contributed by atoms with Crippen molar-refractivity contribution in [3.63, 3.8) is 0 Å². The van der Waals surface area contributed by atoms with Crippen LogP contribution >= 0.6 is 0 Å². The van der Waals surface area contributed by atoms with Crippen molar-refractivity contribution < 1.29 is 24.5 Å². The first-order chi connectivity index (χ1) is 13.8. The van der Waals surface area contributed by atoms with Crippen LogP contribution in [0, 0.1) is 35.5 Å². The fourth-order valence-electron chi connectivity index (χ4n) is 5.67. The van der Waals surface area contributed by atoms with E-state index >= 15 is 0 Å². The van der Waals surface area contributed by atoms with Crippen LogP contribution in [0.15, 0.2) is 23.8 Å². The molecular formula is C24H36O5.